The SMILES string of the molecule is N#Cc1ccccc1CSc1nnc(N)s1. The van der Waals surface area contributed by atoms with Crippen molar-refractivity contribution in [2.45, 2.75) is 10.1 Å². The first-order valence-corrected chi connectivity index (χ1v) is 6.29. The van der Waals surface area contributed by atoms with Crippen LogP contribution in [0, 0.1) is 11.3 Å². The number of hydrogen-bond acceptors (Lipinski definition) is 6. The topological polar surface area (TPSA) is 75.6 Å². The molecule has 0 aliphatic rings. The molecule has 0 atom stereocenters. The number of nitrogens with zero attached hydrogens (tertiary/aromatic N) is 3. The molecule has 6 heteroatoms. The smallest absolute Gasteiger partial charge is 0.203 e. The Bertz CT molecular complexity index is 530. The highest BCUT2D eigenvalue weighted by Gasteiger charge is 2.05. The number of nitrogen functional groups attached to an aromatic ring is 1. The van der Waals surface area contributed by atoms with Crippen molar-refractivity contribution in [3.8, 4) is 6.07 Å². The van der Waals surface area contributed by atoms with E-state index in [1.54, 1.807) is 0 Å². The molecule has 0 spiro atoms. The summed E-state index contributed by atoms with van der Waals surface area (Å²) in [6.45, 7) is 0. The van der Waals surface area contributed by atoms with Gasteiger partial charge in [-0.15, -0.1) is 10.2 Å². The molecule has 0 bridgehead atoms. The molecule has 2 aromatic rings. The monoisotopic (exact) mass is 248 g/mol. The first-order chi connectivity index (χ1) is 7.79. The minimum Gasteiger partial charge on any atom is -0.374 e. The van der Waals surface area contributed by atoms with Gasteiger partial charge in [0, 0.05) is 5.75 Å². The lowest BCUT2D eigenvalue weighted by Gasteiger charge is -2.00. The summed E-state index contributed by atoms with van der Waals surface area (Å²) in [7, 11) is 0. The number of benzene rings is 1. The number of nitriles is 1. The Labute approximate surface area is 101 Å². The summed E-state index contributed by atoms with van der Waals surface area (Å²) in [4.78, 5) is 0. The van der Waals surface area contributed by atoms with Gasteiger partial charge in [0.05, 0.1) is 11.6 Å². The summed E-state index contributed by atoms with van der Waals surface area (Å²) in [5.41, 5.74) is 7.19. The third kappa shape index (κ3) is 2.51. The zero-order chi connectivity index (χ0) is 11.4. The molecular weight excluding hydrogens is 240 g/mol. The van der Waals surface area contributed by atoms with Gasteiger partial charge in [-0.2, -0.15) is 5.26 Å². The van der Waals surface area contributed by atoms with E-state index in [0.29, 0.717) is 16.4 Å². The van der Waals surface area contributed by atoms with E-state index < -0.39 is 0 Å². The molecule has 2 rings (SSSR count). The molecular formula is C10H8N4S2. The van der Waals surface area contributed by atoms with Crippen molar-refractivity contribution >= 4 is 28.2 Å². The minimum atomic E-state index is 0.469. The maximum atomic E-state index is 8.92. The second kappa shape index (κ2) is 4.96. The summed E-state index contributed by atoms with van der Waals surface area (Å²) >= 11 is 2.89. The number of rotatable bonds is 3. The molecule has 1 aromatic carbocycles. The number of anilines is 1. The summed E-state index contributed by atoms with van der Waals surface area (Å²) in [6, 6.07) is 9.70. The fraction of sp³-hybridized carbons (Fsp3) is 0.100. The zero-order valence-electron chi connectivity index (χ0n) is 8.25. The van der Waals surface area contributed by atoms with Gasteiger partial charge in [0.15, 0.2) is 4.34 Å². The fourth-order valence-electron chi connectivity index (χ4n) is 1.17. The van der Waals surface area contributed by atoms with Gasteiger partial charge in [0.1, 0.15) is 0 Å². The molecule has 1 heterocycles. The molecule has 0 saturated heterocycles. The zero-order valence-corrected chi connectivity index (χ0v) is 9.88. The molecule has 4 nitrogen and oxygen atoms in total. The Morgan fingerprint density at radius 3 is 2.88 bits per heavy atom. The van der Waals surface area contributed by atoms with Gasteiger partial charge in [0.25, 0.3) is 0 Å². The van der Waals surface area contributed by atoms with Crippen molar-refractivity contribution in [2.24, 2.45) is 0 Å². The van der Waals surface area contributed by atoms with Crippen LogP contribution in [0.25, 0.3) is 0 Å². The molecule has 16 heavy (non-hydrogen) atoms. The van der Waals surface area contributed by atoms with Gasteiger partial charge < -0.3 is 5.73 Å². The Hall–Kier alpha value is -1.58. The van der Waals surface area contributed by atoms with E-state index in [4.69, 9.17) is 11.0 Å². The van der Waals surface area contributed by atoms with Crippen LogP contribution >= 0.6 is 23.1 Å². The Kier molecular flexibility index (Phi) is 3.39. The van der Waals surface area contributed by atoms with E-state index in [1.807, 2.05) is 24.3 Å². The second-order valence-electron chi connectivity index (χ2n) is 2.96. The van der Waals surface area contributed by atoms with Crippen LogP contribution in [-0.2, 0) is 5.75 Å². The van der Waals surface area contributed by atoms with Crippen molar-refractivity contribution in [3.05, 3.63) is 35.4 Å². The lowest BCUT2D eigenvalue weighted by atomic mass is 10.1. The Balaban J connectivity index is 2.08. The largest absolute Gasteiger partial charge is 0.374 e. The van der Waals surface area contributed by atoms with Crippen LogP contribution in [0.15, 0.2) is 28.6 Å². The maximum Gasteiger partial charge on any atom is 0.203 e. The maximum absolute atomic E-state index is 8.92. The average Bonchev–Trinajstić information content (AvgIpc) is 2.73. The lowest BCUT2D eigenvalue weighted by molar-refractivity contribution is 1.02. The molecule has 80 valence electrons. The summed E-state index contributed by atoms with van der Waals surface area (Å²) in [5, 5.41) is 17.0. The van der Waals surface area contributed by atoms with Crippen molar-refractivity contribution < 1.29 is 0 Å². The van der Waals surface area contributed by atoms with Gasteiger partial charge in [-0.05, 0) is 11.6 Å². The first kappa shape index (κ1) is 10.9. The van der Waals surface area contributed by atoms with Crippen molar-refractivity contribution in [1.29, 1.82) is 5.26 Å². The van der Waals surface area contributed by atoms with Crippen LogP contribution in [0.3, 0.4) is 0 Å². The predicted octanol–water partition coefficient (Wildman–Crippen LogP) is 2.28. The van der Waals surface area contributed by atoms with Gasteiger partial charge in [0.2, 0.25) is 5.13 Å². The number of nitrogens with two attached hydrogens (primary N) is 1. The average molecular weight is 248 g/mol. The number of aromatic nitrogens is 2. The van der Waals surface area contributed by atoms with E-state index in [-0.39, 0.29) is 0 Å². The van der Waals surface area contributed by atoms with Gasteiger partial charge in [-0.3, -0.25) is 0 Å². The van der Waals surface area contributed by atoms with Crippen LogP contribution < -0.4 is 5.73 Å². The third-order valence-corrected chi connectivity index (χ3v) is 3.85. The molecule has 0 fully saturated rings. The highest BCUT2D eigenvalue weighted by atomic mass is 32.2. The molecule has 2 N–H and O–H groups in total. The quantitative estimate of drug-likeness (QED) is 0.843. The Morgan fingerprint density at radius 1 is 1.38 bits per heavy atom. The van der Waals surface area contributed by atoms with Crippen LogP contribution in [0.1, 0.15) is 11.1 Å². The van der Waals surface area contributed by atoms with E-state index >= 15 is 0 Å². The molecule has 0 amide bonds. The summed E-state index contributed by atoms with van der Waals surface area (Å²) in [6.07, 6.45) is 0. The van der Waals surface area contributed by atoms with Crippen molar-refractivity contribution in [3.63, 3.8) is 0 Å². The standard InChI is InChI=1S/C10H8N4S2/c11-5-7-3-1-2-4-8(7)6-15-10-14-13-9(12)16-10/h1-4H,6H2,(H2,12,13). The van der Waals surface area contributed by atoms with Crippen LogP contribution in [0.2, 0.25) is 0 Å². The molecule has 1 aromatic heterocycles. The first-order valence-electron chi connectivity index (χ1n) is 4.49. The summed E-state index contributed by atoms with van der Waals surface area (Å²) < 4.78 is 0.824. The summed E-state index contributed by atoms with van der Waals surface area (Å²) in [5.74, 6) is 0.707. The predicted molar refractivity (Wildman–Crippen MR) is 65.0 cm³/mol. The van der Waals surface area contributed by atoms with Crippen LogP contribution in [-0.4, -0.2) is 10.2 Å². The van der Waals surface area contributed by atoms with Gasteiger partial charge >= 0.3 is 0 Å². The molecule has 0 radical (unpaired) electrons. The van der Waals surface area contributed by atoms with Gasteiger partial charge in [-0.25, -0.2) is 0 Å². The normalized spacial score (nSPS) is 9.94. The fourth-order valence-corrected chi connectivity index (χ4v) is 2.81. The van der Waals surface area contributed by atoms with E-state index in [2.05, 4.69) is 16.3 Å². The molecule has 0 unspecified atom stereocenters. The molecule has 0 saturated carbocycles. The lowest BCUT2D eigenvalue weighted by Crippen LogP contribution is -1.86. The third-order valence-electron chi connectivity index (χ3n) is 1.91. The Morgan fingerprint density at radius 2 is 2.19 bits per heavy atom. The molecule has 0 aliphatic heterocycles. The number of hydrogen-bond donors (Lipinski definition) is 1. The highest BCUT2D eigenvalue weighted by molar-refractivity contribution is 8.00. The van der Waals surface area contributed by atoms with E-state index in [1.165, 1.54) is 23.1 Å². The highest BCUT2D eigenvalue weighted by Crippen LogP contribution is 2.27. The van der Waals surface area contributed by atoms with E-state index in [9.17, 15) is 0 Å². The second-order valence-corrected chi connectivity index (χ2v) is 5.20. The molecule has 0 aliphatic carbocycles. The van der Waals surface area contributed by atoms with Crippen LogP contribution in [0.4, 0.5) is 5.13 Å². The van der Waals surface area contributed by atoms with Crippen molar-refractivity contribution in [1.82, 2.24) is 10.2 Å². The number of thioether (sulfide) groups is 1. The van der Waals surface area contributed by atoms with Crippen molar-refractivity contribution in [2.75, 3.05) is 5.73 Å². The minimum absolute atomic E-state index is 0.469. The van der Waals surface area contributed by atoms with Crippen LogP contribution in [0.5, 0.6) is 0 Å². The van der Waals surface area contributed by atoms with Gasteiger partial charge in [-0.1, -0.05) is 41.3 Å². The van der Waals surface area contributed by atoms with E-state index in [0.717, 1.165) is 9.90 Å².